The number of unbranched alkanes of at least 4 members (excludes halogenated alkanes) is 1. The van der Waals surface area contributed by atoms with Crippen molar-refractivity contribution in [2.24, 2.45) is 0 Å². The van der Waals surface area contributed by atoms with E-state index >= 15 is 0 Å². The van der Waals surface area contributed by atoms with Crippen molar-refractivity contribution in [2.75, 3.05) is 20.7 Å². The Labute approximate surface area is 130 Å². The van der Waals surface area contributed by atoms with E-state index in [0.29, 0.717) is 17.7 Å². The van der Waals surface area contributed by atoms with Gasteiger partial charge in [0.05, 0.1) is 11.5 Å². The molecule has 0 saturated heterocycles. The molecule has 1 aromatic carbocycles. The van der Waals surface area contributed by atoms with Gasteiger partial charge in [-0.25, -0.2) is 8.42 Å². The lowest BCUT2D eigenvalue weighted by Crippen LogP contribution is -2.28. The van der Waals surface area contributed by atoms with Crippen molar-refractivity contribution in [1.29, 1.82) is 0 Å². The minimum absolute atomic E-state index is 0.0917. The second-order valence-corrected chi connectivity index (χ2v) is 7.38. The van der Waals surface area contributed by atoms with E-state index in [1.165, 1.54) is 19.2 Å². The van der Waals surface area contributed by atoms with Crippen molar-refractivity contribution in [2.45, 2.75) is 31.3 Å². The predicted octanol–water partition coefficient (Wildman–Crippen LogP) is 2.63. The van der Waals surface area contributed by atoms with Gasteiger partial charge in [0, 0.05) is 36.9 Å². The molecule has 0 bridgehead atoms. The molecule has 0 atom stereocenters. The van der Waals surface area contributed by atoms with E-state index in [1.54, 1.807) is 18.0 Å². The molecule has 0 aliphatic rings. The molecule has 0 N–H and O–H groups in total. The monoisotopic (exact) mass is 333 g/mol. The molecule has 118 valence electrons. The lowest BCUT2D eigenvalue weighted by molar-refractivity contribution is 0.0792. The highest BCUT2D eigenvalue weighted by atomic mass is 35.7. The van der Waals surface area contributed by atoms with Gasteiger partial charge in [0.1, 0.15) is 0 Å². The zero-order valence-electron chi connectivity index (χ0n) is 12.4. The van der Waals surface area contributed by atoms with E-state index in [4.69, 9.17) is 15.4 Å². The van der Waals surface area contributed by atoms with Gasteiger partial charge < -0.3 is 9.64 Å². The number of methoxy groups -OCH3 is 1. The van der Waals surface area contributed by atoms with Gasteiger partial charge in [-0.05, 0) is 30.2 Å². The molecule has 1 rings (SSSR count). The summed E-state index contributed by atoms with van der Waals surface area (Å²) in [4.78, 5) is 13.8. The molecule has 5 nitrogen and oxygen atoms in total. The van der Waals surface area contributed by atoms with E-state index in [2.05, 4.69) is 0 Å². The molecule has 0 aromatic heterocycles. The maximum Gasteiger partial charge on any atom is 0.261 e. The Hall–Kier alpha value is -1.11. The molecular formula is C14H20ClNO4S. The van der Waals surface area contributed by atoms with Gasteiger partial charge in [0.25, 0.3) is 15.0 Å². The second-order valence-electron chi connectivity index (χ2n) is 4.82. The third-order valence-corrected chi connectivity index (χ3v) is 4.33. The van der Waals surface area contributed by atoms with Gasteiger partial charge in [0.2, 0.25) is 0 Å². The Bertz CT molecular complexity index is 601. The number of ether oxygens (including phenoxy) is 1. The minimum Gasteiger partial charge on any atom is -0.380 e. The molecule has 0 unspecified atom stereocenters. The Morgan fingerprint density at radius 1 is 1.33 bits per heavy atom. The average Bonchev–Trinajstić information content (AvgIpc) is 2.43. The summed E-state index contributed by atoms with van der Waals surface area (Å²) in [6.45, 7) is 2.86. The summed E-state index contributed by atoms with van der Waals surface area (Å²) in [5.41, 5.74) is 0.883. The number of rotatable bonds is 7. The van der Waals surface area contributed by atoms with Gasteiger partial charge in [-0.1, -0.05) is 13.3 Å². The van der Waals surface area contributed by atoms with Crippen molar-refractivity contribution >= 4 is 25.6 Å². The molecule has 0 aliphatic heterocycles. The topological polar surface area (TPSA) is 63.7 Å². The first-order valence-corrected chi connectivity index (χ1v) is 8.93. The summed E-state index contributed by atoms with van der Waals surface area (Å²) in [6, 6.07) is 4.33. The molecule has 0 aliphatic carbocycles. The Morgan fingerprint density at radius 3 is 2.52 bits per heavy atom. The third kappa shape index (κ3) is 5.30. The summed E-state index contributed by atoms with van der Waals surface area (Å²) >= 11 is 0. The van der Waals surface area contributed by atoms with Crippen LogP contribution >= 0.6 is 10.7 Å². The maximum absolute atomic E-state index is 12.3. The lowest BCUT2D eigenvalue weighted by Gasteiger charge is -2.17. The highest BCUT2D eigenvalue weighted by molar-refractivity contribution is 8.13. The van der Waals surface area contributed by atoms with Gasteiger partial charge in [0.15, 0.2) is 0 Å². The number of halogens is 1. The molecule has 0 radical (unpaired) electrons. The Balaban J connectivity index is 3.16. The van der Waals surface area contributed by atoms with Crippen LogP contribution in [0.15, 0.2) is 23.1 Å². The molecular weight excluding hydrogens is 314 g/mol. The lowest BCUT2D eigenvalue weighted by atomic mass is 10.1. The average molecular weight is 334 g/mol. The van der Waals surface area contributed by atoms with E-state index in [1.807, 2.05) is 6.92 Å². The van der Waals surface area contributed by atoms with Gasteiger partial charge in [-0.3, -0.25) is 4.79 Å². The number of carbonyl (C=O) groups excluding carboxylic acids is 1. The van der Waals surface area contributed by atoms with Gasteiger partial charge >= 0.3 is 0 Å². The molecule has 7 heteroatoms. The Kier molecular flexibility index (Phi) is 6.64. The van der Waals surface area contributed by atoms with Gasteiger partial charge in [-0.2, -0.15) is 0 Å². The van der Waals surface area contributed by atoms with Crippen LogP contribution in [0.3, 0.4) is 0 Å². The second kappa shape index (κ2) is 7.77. The van der Waals surface area contributed by atoms with Crippen molar-refractivity contribution < 1.29 is 17.9 Å². The van der Waals surface area contributed by atoms with Crippen molar-refractivity contribution in [3.05, 3.63) is 29.3 Å². The fourth-order valence-corrected chi connectivity index (χ4v) is 2.72. The van der Waals surface area contributed by atoms with Crippen LogP contribution in [0.1, 0.15) is 35.7 Å². The number of nitrogens with zero attached hydrogens (tertiary/aromatic N) is 1. The van der Waals surface area contributed by atoms with Crippen LogP contribution in [0.4, 0.5) is 0 Å². The summed E-state index contributed by atoms with van der Waals surface area (Å²) in [5.74, 6) is -0.233. The minimum atomic E-state index is -3.90. The number of hydrogen-bond acceptors (Lipinski definition) is 4. The van der Waals surface area contributed by atoms with E-state index in [0.717, 1.165) is 12.8 Å². The van der Waals surface area contributed by atoms with Crippen LogP contribution in [0.2, 0.25) is 0 Å². The SMILES string of the molecule is CCCCN(C)C(=O)c1cc(COC)cc(S(=O)(=O)Cl)c1. The van der Waals surface area contributed by atoms with E-state index < -0.39 is 9.05 Å². The molecule has 1 aromatic rings. The number of carbonyl (C=O) groups is 1. The molecule has 1 amide bonds. The highest BCUT2D eigenvalue weighted by Crippen LogP contribution is 2.20. The van der Waals surface area contributed by atoms with Crippen LogP contribution in [-0.2, 0) is 20.4 Å². The number of benzene rings is 1. The summed E-state index contributed by atoms with van der Waals surface area (Å²) in [6.07, 6.45) is 1.86. The first-order valence-electron chi connectivity index (χ1n) is 6.62. The largest absolute Gasteiger partial charge is 0.380 e. The van der Waals surface area contributed by atoms with E-state index in [9.17, 15) is 13.2 Å². The quantitative estimate of drug-likeness (QED) is 0.719. The van der Waals surface area contributed by atoms with Crippen LogP contribution < -0.4 is 0 Å². The van der Waals surface area contributed by atoms with Crippen LogP contribution in [0, 0.1) is 0 Å². The van der Waals surface area contributed by atoms with Crippen LogP contribution in [0.5, 0.6) is 0 Å². The molecule has 0 spiro atoms. The smallest absolute Gasteiger partial charge is 0.261 e. The first-order chi connectivity index (χ1) is 9.79. The van der Waals surface area contributed by atoms with Crippen molar-refractivity contribution in [1.82, 2.24) is 4.90 Å². The van der Waals surface area contributed by atoms with Crippen LogP contribution in [-0.4, -0.2) is 39.9 Å². The summed E-state index contributed by atoms with van der Waals surface area (Å²) < 4.78 is 28.0. The fraction of sp³-hybridized carbons (Fsp3) is 0.500. The third-order valence-electron chi connectivity index (χ3n) is 3.00. The standard InChI is InChI=1S/C14H20ClNO4S/c1-4-5-6-16(2)14(17)12-7-11(10-20-3)8-13(9-12)21(15,18)19/h7-9H,4-6,10H2,1-3H3. The molecule has 21 heavy (non-hydrogen) atoms. The molecule has 0 heterocycles. The predicted molar refractivity (Wildman–Crippen MR) is 82.1 cm³/mol. The molecule has 0 fully saturated rings. The zero-order valence-corrected chi connectivity index (χ0v) is 14.0. The number of hydrogen-bond donors (Lipinski definition) is 0. The highest BCUT2D eigenvalue weighted by Gasteiger charge is 2.18. The number of amides is 1. The van der Waals surface area contributed by atoms with Crippen LogP contribution in [0.25, 0.3) is 0 Å². The molecule has 0 saturated carbocycles. The summed E-state index contributed by atoms with van der Waals surface area (Å²) in [7, 11) is 4.67. The van der Waals surface area contributed by atoms with Crippen molar-refractivity contribution in [3.63, 3.8) is 0 Å². The first kappa shape index (κ1) is 17.9. The fourth-order valence-electron chi connectivity index (χ4n) is 1.89. The maximum atomic E-state index is 12.3. The van der Waals surface area contributed by atoms with Gasteiger partial charge in [-0.15, -0.1) is 0 Å². The zero-order chi connectivity index (χ0) is 16.0. The Morgan fingerprint density at radius 2 is 2.00 bits per heavy atom. The van der Waals surface area contributed by atoms with Crippen molar-refractivity contribution in [3.8, 4) is 0 Å². The normalized spacial score (nSPS) is 11.4. The summed E-state index contributed by atoms with van der Waals surface area (Å²) in [5, 5.41) is 0. The van der Waals surface area contributed by atoms with E-state index in [-0.39, 0.29) is 17.4 Å².